The monoisotopic (exact) mass is 419 g/mol. The number of aliphatic hydroxyl groups is 1. The summed E-state index contributed by atoms with van der Waals surface area (Å²) in [6.45, 7) is 5.01. The molecule has 6 N–H and O–H groups in total. The molecule has 8 nitrogen and oxygen atoms in total. The van der Waals surface area contributed by atoms with Gasteiger partial charge in [0, 0.05) is 12.7 Å². The second kappa shape index (κ2) is 11.9. The summed E-state index contributed by atoms with van der Waals surface area (Å²) in [7, 11) is -3.43. The van der Waals surface area contributed by atoms with Crippen LogP contribution in [0.3, 0.4) is 0 Å². The average molecular weight is 420 g/mol. The maximum absolute atomic E-state index is 12.3. The fourth-order valence-corrected chi connectivity index (χ4v) is 5.13. The average Bonchev–Trinajstić information content (AvgIpc) is 2.64. The van der Waals surface area contributed by atoms with Crippen molar-refractivity contribution < 1.29 is 24.2 Å². The van der Waals surface area contributed by atoms with E-state index in [1.54, 1.807) is 0 Å². The van der Waals surface area contributed by atoms with Gasteiger partial charge < -0.3 is 26.4 Å². The highest BCUT2D eigenvalue weighted by molar-refractivity contribution is 7.58. The molecule has 2 unspecified atom stereocenters. The van der Waals surface area contributed by atoms with Crippen LogP contribution in [0.2, 0.25) is 0 Å². The zero-order valence-corrected chi connectivity index (χ0v) is 18.3. The summed E-state index contributed by atoms with van der Waals surface area (Å²) in [6.07, 6.45) is 5.43. The zero-order valence-electron chi connectivity index (χ0n) is 17.4. The summed E-state index contributed by atoms with van der Waals surface area (Å²) in [5.74, 6) is -0.434. The number of nitrogens with two attached hydrogens (primary N) is 1. The van der Waals surface area contributed by atoms with Crippen LogP contribution in [0, 0.1) is 11.8 Å². The molecule has 9 heteroatoms. The van der Waals surface area contributed by atoms with Crippen LogP contribution in [0.1, 0.15) is 59.3 Å². The molecule has 164 valence electrons. The van der Waals surface area contributed by atoms with Crippen LogP contribution < -0.4 is 16.4 Å². The van der Waals surface area contributed by atoms with Crippen LogP contribution >= 0.6 is 7.37 Å². The second-order valence-electron chi connectivity index (χ2n) is 8.44. The lowest BCUT2D eigenvalue weighted by molar-refractivity contribution is -0.129. The highest BCUT2D eigenvalue weighted by atomic mass is 31.2. The highest BCUT2D eigenvalue weighted by Crippen LogP contribution is 2.43. The summed E-state index contributed by atoms with van der Waals surface area (Å²) in [6, 6.07) is -1.51. The summed E-state index contributed by atoms with van der Waals surface area (Å²) >= 11 is 0. The first-order chi connectivity index (χ1) is 13.0. The Balaban J connectivity index is 2.33. The minimum Gasteiger partial charge on any atom is -0.391 e. The van der Waals surface area contributed by atoms with E-state index in [4.69, 9.17) is 5.73 Å². The molecule has 0 saturated heterocycles. The topological polar surface area (TPSA) is 142 Å². The number of hydrogen-bond acceptors (Lipinski definition) is 5. The van der Waals surface area contributed by atoms with Gasteiger partial charge in [0.1, 0.15) is 6.04 Å². The van der Waals surface area contributed by atoms with Crippen molar-refractivity contribution in [3.8, 4) is 0 Å². The maximum Gasteiger partial charge on any atom is 0.242 e. The van der Waals surface area contributed by atoms with Crippen molar-refractivity contribution in [2.24, 2.45) is 17.6 Å². The number of carbonyl (C=O) groups is 2. The van der Waals surface area contributed by atoms with Gasteiger partial charge in [-0.1, -0.05) is 46.0 Å². The molecule has 4 atom stereocenters. The Bertz CT molecular complexity index is 552. The van der Waals surface area contributed by atoms with Gasteiger partial charge in [0.15, 0.2) is 0 Å². The molecule has 0 radical (unpaired) electrons. The van der Waals surface area contributed by atoms with E-state index in [9.17, 15) is 24.2 Å². The maximum atomic E-state index is 12.3. The Hall–Kier alpha value is -0.950. The summed E-state index contributed by atoms with van der Waals surface area (Å²) in [4.78, 5) is 34.1. The van der Waals surface area contributed by atoms with Gasteiger partial charge in [-0.2, -0.15) is 0 Å². The molecule has 1 rings (SSSR count). The van der Waals surface area contributed by atoms with Crippen LogP contribution in [0.25, 0.3) is 0 Å². The van der Waals surface area contributed by atoms with Gasteiger partial charge >= 0.3 is 0 Å². The van der Waals surface area contributed by atoms with Crippen molar-refractivity contribution in [3.63, 3.8) is 0 Å². The molecule has 0 aliphatic heterocycles. The minimum atomic E-state index is -3.43. The SMILES string of the molecule is CC(C)C(N)C(=O)N[C@H](C)C(=O)NC[C@@H](O)CP(=O)(O)CCC1CCCCC1. The van der Waals surface area contributed by atoms with Gasteiger partial charge in [-0.25, -0.2) is 0 Å². The molecule has 1 aliphatic rings. The molecule has 1 fully saturated rings. The number of hydrogen-bond donors (Lipinski definition) is 5. The number of nitrogens with one attached hydrogen (secondary N) is 2. The van der Waals surface area contributed by atoms with Crippen LogP contribution in [0.5, 0.6) is 0 Å². The molecule has 2 amide bonds. The van der Waals surface area contributed by atoms with Gasteiger partial charge in [0.25, 0.3) is 0 Å². The second-order valence-corrected chi connectivity index (χ2v) is 10.9. The Labute approximate surface area is 168 Å². The van der Waals surface area contributed by atoms with Crippen LogP contribution in [0.4, 0.5) is 0 Å². The number of amides is 2. The van der Waals surface area contributed by atoms with Crippen LogP contribution in [-0.4, -0.2) is 58.9 Å². The van der Waals surface area contributed by atoms with Crippen molar-refractivity contribution >= 4 is 19.2 Å². The van der Waals surface area contributed by atoms with Crippen molar-refractivity contribution in [1.29, 1.82) is 0 Å². The molecule has 0 heterocycles. The minimum absolute atomic E-state index is 0.0515. The van der Waals surface area contributed by atoms with Gasteiger partial charge in [-0.3, -0.25) is 14.2 Å². The molecule has 0 aromatic rings. The van der Waals surface area contributed by atoms with Crippen LogP contribution in [-0.2, 0) is 14.2 Å². The van der Waals surface area contributed by atoms with E-state index >= 15 is 0 Å². The first-order valence-electron chi connectivity index (χ1n) is 10.3. The normalized spacial score (nSPS) is 20.8. The first-order valence-corrected chi connectivity index (χ1v) is 12.4. The molecule has 0 aromatic carbocycles. The van der Waals surface area contributed by atoms with Crippen molar-refractivity contribution in [2.45, 2.75) is 77.5 Å². The van der Waals surface area contributed by atoms with E-state index in [2.05, 4.69) is 10.6 Å². The predicted molar refractivity (Wildman–Crippen MR) is 110 cm³/mol. The van der Waals surface area contributed by atoms with Crippen LogP contribution in [0.15, 0.2) is 0 Å². The van der Waals surface area contributed by atoms with E-state index in [0.29, 0.717) is 12.3 Å². The number of rotatable bonds is 11. The molecule has 0 spiro atoms. The summed E-state index contributed by atoms with van der Waals surface area (Å²) < 4.78 is 12.3. The molecule has 0 bridgehead atoms. The largest absolute Gasteiger partial charge is 0.391 e. The van der Waals surface area contributed by atoms with E-state index in [1.807, 2.05) is 13.8 Å². The lowest BCUT2D eigenvalue weighted by atomic mass is 9.88. The highest BCUT2D eigenvalue weighted by Gasteiger charge is 2.26. The lowest BCUT2D eigenvalue weighted by Crippen LogP contribution is -2.52. The Morgan fingerprint density at radius 2 is 1.75 bits per heavy atom. The predicted octanol–water partition coefficient (Wildman–Crippen LogP) is 1.19. The summed E-state index contributed by atoms with van der Waals surface area (Å²) in [5.41, 5.74) is 5.74. The standard InChI is InChI=1S/C19H38N3O5P/c1-13(2)17(20)19(25)22-14(3)18(24)21-11-16(23)12-28(26,27)10-9-15-7-5-4-6-8-15/h13-17,23H,4-12,20H2,1-3H3,(H,21,24)(H,22,25)(H,26,27)/t14-,16-,17?/m1/s1. The zero-order chi connectivity index (χ0) is 21.3. The van der Waals surface area contributed by atoms with Gasteiger partial charge in [-0.05, 0) is 25.2 Å². The van der Waals surface area contributed by atoms with E-state index in [0.717, 1.165) is 12.8 Å². The third kappa shape index (κ3) is 9.50. The Morgan fingerprint density at radius 3 is 2.32 bits per heavy atom. The molecule has 28 heavy (non-hydrogen) atoms. The van der Waals surface area contributed by atoms with Crippen molar-refractivity contribution in [1.82, 2.24) is 10.6 Å². The van der Waals surface area contributed by atoms with E-state index in [-0.39, 0.29) is 24.8 Å². The fourth-order valence-electron chi connectivity index (χ4n) is 3.39. The first kappa shape index (κ1) is 25.1. The molecule has 1 aliphatic carbocycles. The number of aliphatic hydroxyl groups excluding tert-OH is 1. The van der Waals surface area contributed by atoms with E-state index < -0.39 is 37.4 Å². The third-order valence-electron chi connectivity index (χ3n) is 5.39. The molecular formula is C19H38N3O5P. The van der Waals surface area contributed by atoms with Gasteiger partial charge in [-0.15, -0.1) is 0 Å². The fraction of sp³-hybridized carbons (Fsp3) is 0.895. The van der Waals surface area contributed by atoms with Crippen molar-refractivity contribution in [2.75, 3.05) is 18.9 Å². The Morgan fingerprint density at radius 1 is 1.14 bits per heavy atom. The molecule has 1 saturated carbocycles. The van der Waals surface area contributed by atoms with Crippen molar-refractivity contribution in [3.05, 3.63) is 0 Å². The quantitative estimate of drug-likeness (QED) is 0.319. The molecule has 0 aromatic heterocycles. The number of carbonyl (C=O) groups excluding carboxylic acids is 2. The van der Waals surface area contributed by atoms with E-state index in [1.165, 1.54) is 26.2 Å². The van der Waals surface area contributed by atoms with Gasteiger partial charge in [0.2, 0.25) is 19.2 Å². The summed E-state index contributed by atoms with van der Waals surface area (Å²) in [5, 5.41) is 15.1. The Kier molecular flexibility index (Phi) is 10.7. The molecular weight excluding hydrogens is 381 g/mol. The third-order valence-corrected chi connectivity index (χ3v) is 7.34. The smallest absolute Gasteiger partial charge is 0.242 e. The lowest BCUT2D eigenvalue weighted by Gasteiger charge is -2.23. The van der Waals surface area contributed by atoms with Gasteiger partial charge in [0.05, 0.1) is 18.3 Å².